The molecule has 0 spiro atoms. The fraction of sp³-hybridized carbons (Fsp3) is 0.304. The van der Waals surface area contributed by atoms with Crippen LogP contribution in [-0.4, -0.2) is 45.9 Å². The molecule has 158 valence electrons. The molecule has 2 aromatic heterocycles. The summed E-state index contributed by atoms with van der Waals surface area (Å²) in [6.07, 6.45) is 3.68. The van der Waals surface area contributed by atoms with E-state index in [1.165, 1.54) is 5.56 Å². The van der Waals surface area contributed by atoms with Crippen LogP contribution in [-0.2, 0) is 0 Å². The number of hydrogen-bond donors (Lipinski definition) is 1. The maximum absolute atomic E-state index is 5.54. The molecule has 0 aliphatic carbocycles. The van der Waals surface area contributed by atoms with Gasteiger partial charge in [0.15, 0.2) is 0 Å². The smallest absolute Gasteiger partial charge is 0.246 e. The normalized spacial score (nSPS) is 16.1. The van der Waals surface area contributed by atoms with Crippen molar-refractivity contribution < 1.29 is 9.47 Å². The minimum absolute atomic E-state index is 0.0857. The number of hydrogen-bond acceptors (Lipinski definition) is 7. The van der Waals surface area contributed by atoms with Crippen LogP contribution in [0.3, 0.4) is 0 Å². The van der Waals surface area contributed by atoms with Gasteiger partial charge >= 0.3 is 0 Å². The number of aryl methyl sites for hydroxylation is 1. The largest absolute Gasteiger partial charge is 0.497 e. The van der Waals surface area contributed by atoms with Crippen molar-refractivity contribution in [2.75, 3.05) is 25.7 Å². The number of H-pyrrole nitrogens is 1. The fourth-order valence-electron chi connectivity index (χ4n) is 4.15. The Morgan fingerprint density at radius 3 is 2.81 bits per heavy atom. The molecular weight excluding hydrogens is 392 g/mol. The molecule has 1 N–H and O–H groups in total. The topological polar surface area (TPSA) is 89.1 Å². The van der Waals surface area contributed by atoms with Gasteiger partial charge < -0.3 is 19.4 Å². The zero-order chi connectivity index (χ0) is 21.4. The molecule has 1 fully saturated rings. The lowest BCUT2D eigenvalue weighted by Gasteiger charge is -2.23. The summed E-state index contributed by atoms with van der Waals surface area (Å²) < 4.78 is 10.8. The van der Waals surface area contributed by atoms with Crippen molar-refractivity contribution in [3.63, 3.8) is 0 Å². The van der Waals surface area contributed by atoms with Crippen LogP contribution >= 0.6 is 0 Å². The van der Waals surface area contributed by atoms with Crippen LogP contribution < -0.4 is 14.4 Å². The van der Waals surface area contributed by atoms with Crippen molar-refractivity contribution in [1.82, 2.24) is 25.1 Å². The number of ether oxygens (including phenoxy) is 2. The van der Waals surface area contributed by atoms with Crippen LogP contribution in [0.1, 0.15) is 30.3 Å². The second-order valence-corrected chi connectivity index (χ2v) is 7.70. The van der Waals surface area contributed by atoms with Gasteiger partial charge in [-0.3, -0.25) is 0 Å². The minimum atomic E-state index is 0.0857. The molecular formula is C23H24N6O2. The molecule has 1 saturated heterocycles. The predicted octanol–water partition coefficient (Wildman–Crippen LogP) is 4.08. The average Bonchev–Trinajstić information content (AvgIpc) is 3.45. The first kappa shape index (κ1) is 19.3. The average molecular weight is 416 g/mol. The molecule has 1 atom stereocenters. The van der Waals surface area contributed by atoms with Crippen LogP contribution in [0.15, 0.2) is 42.6 Å². The first-order valence-electron chi connectivity index (χ1n) is 10.3. The van der Waals surface area contributed by atoms with Gasteiger partial charge in [-0.05, 0) is 49.6 Å². The second-order valence-electron chi connectivity index (χ2n) is 7.70. The van der Waals surface area contributed by atoms with Gasteiger partial charge in [-0.25, -0.2) is 9.97 Å². The molecule has 5 rings (SSSR count). The highest BCUT2D eigenvalue weighted by molar-refractivity contribution is 5.76. The van der Waals surface area contributed by atoms with Crippen molar-refractivity contribution >= 4 is 17.0 Å². The van der Waals surface area contributed by atoms with Crippen LogP contribution in [0.25, 0.3) is 22.3 Å². The van der Waals surface area contributed by atoms with Crippen molar-refractivity contribution in [3.8, 4) is 22.8 Å². The molecule has 8 heteroatoms. The maximum atomic E-state index is 5.54. The molecule has 1 aliphatic rings. The van der Waals surface area contributed by atoms with Crippen molar-refractivity contribution in [2.24, 2.45) is 0 Å². The summed E-state index contributed by atoms with van der Waals surface area (Å²) in [7, 11) is 3.26. The Hall–Kier alpha value is -3.68. The predicted molar refractivity (Wildman–Crippen MR) is 119 cm³/mol. The van der Waals surface area contributed by atoms with Crippen LogP contribution in [0.4, 0.5) is 5.95 Å². The molecule has 8 nitrogen and oxygen atoms in total. The number of nitrogens with zero attached hydrogens (tertiary/aromatic N) is 5. The zero-order valence-corrected chi connectivity index (χ0v) is 17.8. The molecule has 31 heavy (non-hydrogen) atoms. The van der Waals surface area contributed by atoms with Gasteiger partial charge in [0.1, 0.15) is 17.3 Å². The summed E-state index contributed by atoms with van der Waals surface area (Å²) in [6, 6.07) is 12.0. The monoisotopic (exact) mass is 416 g/mol. The molecule has 0 amide bonds. The fourth-order valence-corrected chi connectivity index (χ4v) is 4.15. The van der Waals surface area contributed by atoms with Gasteiger partial charge in [0.25, 0.3) is 0 Å². The summed E-state index contributed by atoms with van der Waals surface area (Å²) >= 11 is 0. The number of rotatable bonds is 5. The van der Waals surface area contributed by atoms with Crippen LogP contribution in [0.5, 0.6) is 11.5 Å². The van der Waals surface area contributed by atoms with Gasteiger partial charge in [0.05, 0.1) is 43.2 Å². The molecule has 2 aromatic carbocycles. The third kappa shape index (κ3) is 3.54. The number of fused-ring (bicyclic) bond motifs is 1. The van der Waals surface area contributed by atoms with Gasteiger partial charge in [-0.1, -0.05) is 6.07 Å². The number of benzene rings is 2. The lowest BCUT2D eigenvalue weighted by Crippen LogP contribution is -2.26. The first-order chi connectivity index (χ1) is 15.2. The summed E-state index contributed by atoms with van der Waals surface area (Å²) in [5.41, 5.74) is 4.78. The highest BCUT2D eigenvalue weighted by atomic mass is 16.5. The number of aromatic nitrogens is 5. The lowest BCUT2D eigenvalue weighted by molar-refractivity contribution is 0.395. The van der Waals surface area contributed by atoms with E-state index in [1.54, 1.807) is 20.4 Å². The highest BCUT2D eigenvalue weighted by Gasteiger charge is 2.31. The third-order valence-electron chi connectivity index (χ3n) is 5.71. The van der Waals surface area contributed by atoms with E-state index in [0.717, 1.165) is 47.6 Å². The summed E-state index contributed by atoms with van der Waals surface area (Å²) in [5, 5.41) is 8.57. The number of methoxy groups -OCH3 is 2. The number of imidazole rings is 1. The Morgan fingerprint density at radius 2 is 1.97 bits per heavy atom. The zero-order valence-electron chi connectivity index (χ0n) is 17.8. The molecule has 0 saturated carbocycles. The Balaban J connectivity index is 1.50. The molecule has 1 unspecified atom stereocenters. The molecule has 3 heterocycles. The van der Waals surface area contributed by atoms with Gasteiger partial charge in [0, 0.05) is 18.2 Å². The standard InChI is InChI=1S/C23H24N6O2/c1-14-6-9-17-18(11-14)26-22(25-17)20-5-4-10-29(20)23-27-19(13-24-28-23)16-8-7-15(30-2)12-21(16)31-3/h6-9,11-13,20H,4-5,10H2,1-3H3,(H,25,26). The van der Waals surface area contributed by atoms with E-state index >= 15 is 0 Å². The van der Waals surface area contributed by atoms with Gasteiger partial charge in [-0.2, -0.15) is 5.10 Å². The second kappa shape index (κ2) is 7.86. The van der Waals surface area contributed by atoms with E-state index in [1.807, 2.05) is 18.2 Å². The van der Waals surface area contributed by atoms with Crippen molar-refractivity contribution in [3.05, 3.63) is 54.0 Å². The minimum Gasteiger partial charge on any atom is -0.497 e. The summed E-state index contributed by atoms with van der Waals surface area (Å²) in [4.78, 5) is 15.3. The summed E-state index contributed by atoms with van der Waals surface area (Å²) in [6.45, 7) is 2.94. The molecule has 4 aromatic rings. The van der Waals surface area contributed by atoms with E-state index in [-0.39, 0.29) is 6.04 Å². The lowest BCUT2D eigenvalue weighted by atomic mass is 10.1. The van der Waals surface area contributed by atoms with Crippen molar-refractivity contribution in [1.29, 1.82) is 0 Å². The Kier molecular flexibility index (Phi) is 4.89. The molecule has 1 aliphatic heterocycles. The third-order valence-corrected chi connectivity index (χ3v) is 5.71. The quantitative estimate of drug-likeness (QED) is 0.524. The Labute approximate surface area is 180 Å². The number of anilines is 1. The Morgan fingerprint density at radius 1 is 1.06 bits per heavy atom. The maximum Gasteiger partial charge on any atom is 0.246 e. The highest BCUT2D eigenvalue weighted by Crippen LogP contribution is 2.36. The molecule has 0 radical (unpaired) electrons. The molecule has 0 bridgehead atoms. The van der Waals surface area contributed by atoms with Gasteiger partial charge in [0.2, 0.25) is 5.95 Å². The van der Waals surface area contributed by atoms with E-state index < -0.39 is 0 Å². The number of aromatic amines is 1. The Bertz CT molecular complexity index is 1240. The summed E-state index contributed by atoms with van der Waals surface area (Å²) in [5.74, 6) is 2.93. The SMILES string of the molecule is COc1ccc(-c2cnnc(N3CCCC3c3nc4ccc(C)cc4[nH]3)n2)c(OC)c1. The van der Waals surface area contributed by atoms with E-state index in [0.29, 0.717) is 17.4 Å². The van der Waals surface area contributed by atoms with E-state index in [9.17, 15) is 0 Å². The van der Waals surface area contributed by atoms with Crippen molar-refractivity contribution in [2.45, 2.75) is 25.8 Å². The van der Waals surface area contributed by atoms with E-state index in [2.05, 4.69) is 45.2 Å². The van der Waals surface area contributed by atoms with Gasteiger partial charge in [-0.15, -0.1) is 5.10 Å². The first-order valence-corrected chi connectivity index (χ1v) is 10.3. The van der Waals surface area contributed by atoms with Crippen LogP contribution in [0.2, 0.25) is 0 Å². The number of nitrogens with one attached hydrogen (secondary N) is 1. The van der Waals surface area contributed by atoms with E-state index in [4.69, 9.17) is 19.4 Å². The van der Waals surface area contributed by atoms with Crippen LogP contribution in [0, 0.1) is 6.92 Å².